The number of amides is 1. The van der Waals surface area contributed by atoms with Crippen molar-refractivity contribution in [3.63, 3.8) is 0 Å². The summed E-state index contributed by atoms with van der Waals surface area (Å²) in [7, 11) is 1.74. The van der Waals surface area contributed by atoms with Crippen molar-refractivity contribution in [3.8, 4) is 5.69 Å². The highest BCUT2D eigenvalue weighted by molar-refractivity contribution is 5.96. The van der Waals surface area contributed by atoms with E-state index in [0.29, 0.717) is 13.2 Å². The minimum absolute atomic E-state index is 0. The van der Waals surface area contributed by atoms with Gasteiger partial charge in [-0.2, -0.15) is 0 Å². The van der Waals surface area contributed by atoms with Crippen molar-refractivity contribution in [2.75, 3.05) is 33.4 Å². The fourth-order valence-corrected chi connectivity index (χ4v) is 3.97. The molecule has 1 aromatic carbocycles. The number of aromatic nitrogens is 1. The Morgan fingerprint density at radius 1 is 1.22 bits per heavy atom. The van der Waals surface area contributed by atoms with Crippen molar-refractivity contribution in [1.29, 1.82) is 0 Å². The molecule has 1 aromatic heterocycles. The minimum Gasteiger partial charge on any atom is -0.384 e. The molecule has 0 spiro atoms. The molecule has 0 atom stereocenters. The number of nitrogens with zero attached hydrogens (tertiary/aromatic N) is 1. The van der Waals surface area contributed by atoms with Crippen LogP contribution < -0.4 is 10.6 Å². The quantitative estimate of drug-likeness (QED) is 0.794. The molecule has 0 unspecified atom stereocenters. The maximum Gasteiger partial charge on any atom is 0.253 e. The first-order valence-electron chi connectivity index (χ1n) is 9.28. The van der Waals surface area contributed by atoms with Crippen molar-refractivity contribution in [2.24, 2.45) is 5.41 Å². The average molecular weight is 392 g/mol. The molecule has 5 nitrogen and oxygen atoms in total. The summed E-state index contributed by atoms with van der Waals surface area (Å²) in [6, 6.07) is 12.1. The van der Waals surface area contributed by atoms with Crippen molar-refractivity contribution in [2.45, 2.75) is 26.7 Å². The monoisotopic (exact) mass is 391 g/mol. The standard InChI is InChI=1S/C21H29N3O2.ClH/c1-16-13-19(17(2)24(16)18-7-5-4-6-8-18)20(25)23-14-21(15-26-3)9-11-22-12-10-21;/h4-8,13,22H,9-12,14-15H2,1-3H3,(H,23,25);1H. The zero-order valence-corrected chi connectivity index (χ0v) is 17.2. The number of hydrogen-bond acceptors (Lipinski definition) is 3. The number of benzene rings is 1. The first kappa shape index (κ1) is 21.5. The van der Waals surface area contributed by atoms with E-state index >= 15 is 0 Å². The first-order chi connectivity index (χ1) is 12.6. The highest BCUT2D eigenvalue weighted by atomic mass is 35.5. The van der Waals surface area contributed by atoms with Gasteiger partial charge in [-0.25, -0.2) is 0 Å². The van der Waals surface area contributed by atoms with Gasteiger partial charge in [0.25, 0.3) is 5.91 Å². The summed E-state index contributed by atoms with van der Waals surface area (Å²) in [6.45, 7) is 7.32. The topological polar surface area (TPSA) is 55.3 Å². The summed E-state index contributed by atoms with van der Waals surface area (Å²) in [5.74, 6) is -0.00529. The second-order valence-electron chi connectivity index (χ2n) is 7.32. The molecule has 0 bridgehead atoms. The summed E-state index contributed by atoms with van der Waals surface area (Å²) >= 11 is 0. The normalized spacial score (nSPS) is 15.8. The zero-order valence-electron chi connectivity index (χ0n) is 16.4. The molecule has 0 saturated carbocycles. The third kappa shape index (κ3) is 4.72. The molecule has 148 valence electrons. The van der Waals surface area contributed by atoms with E-state index in [-0.39, 0.29) is 23.7 Å². The third-order valence-electron chi connectivity index (χ3n) is 5.43. The van der Waals surface area contributed by atoms with Crippen LogP contribution in [0.5, 0.6) is 0 Å². The molecule has 6 heteroatoms. The van der Waals surface area contributed by atoms with E-state index in [1.165, 1.54) is 0 Å². The van der Waals surface area contributed by atoms with E-state index < -0.39 is 0 Å². The molecule has 1 fully saturated rings. The number of rotatable bonds is 6. The predicted octanol–water partition coefficient (Wildman–Crippen LogP) is 3.26. The van der Waals surface area contributed by atoms with E-state index in [9.17, 15) is 4.79 Å². The Balaban J connectivity index is 0.00000261. The molecule has 3 rings (SSSR count). The Kier molecular flexibility index (Phi) is 7.48. The predicted molar refractivity (Wildman–Crippen MR) is 111 cm³/mol. The van der Waals surface area contributed by atoms with E-state index in [0.717, 1.165) is 48.6 Å². The lowest BCUT2D eigenvalue weighted by molar-refractivity contribution is 0.0511. The Hall–Kier alpha value is -1.82. The number of halogens is 1. The van der Waals surface area contributed by atoms with Crippen LogP contribution in [-0.2, 0) is 4.74 Å². The van der Waals surface area contributed by atoms with E-state index in [1.807, 2.05) is 38.1 Å². The second-order valence-corrected chi connectivity index (χ2v) is 7.32. The summed E-state index contributed by atoms with van der Waals surface area (Å²) in [6.07, 6.45) is 2.04. The van der Waals surface area contributed by atoms with Crippen LogP contribution in [0.15, 0.2) is 36.4 Å². The van der Waals surface area contributed by atoms with Gasteiger partial charge in [0, 0.05) is 36.1 Å². The molecular weight excluding hydrogens is 362 g/mol. The summed E-state index contributed by atoms with van der Waals surface area (Å²) in [5.41, 5.74) is 3.88. The minimum atomic E-state index is -0.00529. The number of para-hydroxylation sites is 1. The van der Waals surface area contributed by atoms with Gasteiger partial charge in [0.15, 0.2) is 0 Å². The molecule has 1 amide bonds. The number of aryl methyl sites for hydroxylation is 1. The fraction of sp³-hybridized carbons (Fsp3) is 0.476. The molecular formula is C21H30ClN3O2. The van der Waals surface area contributed by atoms with Crippen LogP contribution in [0.2, 0.25) is 0 Å². The summed E-state index contributed by atoms with van der Waals surface area (Å²) in [4.78, 5) is 12.9. The van der Waals surface area contributed by atoms with Crippen molar-refractivity contribution < 1.29 is 9.53 Å². The molecule has 2 aromatic rings. The fourth-order valence-electron chi connectivity index (χ4n) is 3.97. The molecule has 1 aliphatic rings. The lowest BCUT2D eigenvalue weighted by atomic mass is 9.79. The Bertz CT molecular complexity index is 747. The number of ether oxygens (including phenoxy) is 1. The molecule has 1 saturated heterocycles. The van der Waals surface area contributed by atoms with E-state index in [1.54, 1.807) is 7.11 Å². The van der Waals surface area contributed by atoms with Gasteiger partial charge in [0.1, 0.15) is 0 Å². The number of nitrogens with one attached hydrogen (secondary N) is 2. The van der Waals surface area contributed by atoms with Crippen LogP contribution in [0, 0.1) is 19.3 Å². The van der Waals surface area contributed by atoms with Gasteiger partial charge < -0.3 is 19.9 Å². The second kappa shape index (κ2) is 9.40. The molecule has 1 aliphatic heterocycles. The van der Waals surface area contributed by atoms with Gasteiger partial charge >= 0.3 is 0 Å². The van der Waals surface area contributed by atoms with Gasteiger partial charge in [-0.3, -0.25) is 4.79 Å². The molecule has 0 radical (unpaired) electrons. The number of carbonyl (C=O) groups is 1. The van der Waals surface area contributed by atoms with E-state index in [4.69, 9.17) is 4.74 Å². The smallest absolute Gasteiger partial charge is 0.253 e. The molecule has 2 heterocycles. The average Bonchev–Trinajstić information content (AvgIpc) is 2.96. The number of piperidine rings is 1. The number of methoxy groups -OCH3 is 1. The van der Waals surface area contributed by atoms with Crippen LogP contribution in [0.25, 0.3) is 5.69 Å². The number of carbonyl (C=O) groups excluding carboxylic acids is 1. The molecule has 0 aliphatic carbocycles. The van der Waals surface area contributed by atoms with Crippen LogP contribution >= 0.6 is 12.4 Å². The SMILES string of the molecule is COCC1(CNC(=O)c2cc(C)n(-c3ccccc3)c2C)CCNCC1.Cl. The van der Waals surface area contributed by atoms with Crippen LogP contribution in [0.3, 0.4) is 0 Å². The lowest BCUT2D eigenvalue weighted by Crippen LogP contribution is -2.47. The van der Waals surface area contributed by atoms with Crippen LogP contribution in [0.4, 0.5) is 0 Å². The largest absolute Gasteiger partial charge is 0.384 e. The van der Waals surface area contributed by atoms with Crippen molar-refractivity contribution in [3.05, 3.63) is 53.3 Å². The van der Waals surface area contributed by atoms with Crippen LogP contribution in [0.1, 0.15) is 34.6 Å². The van der Waals surface area contributed by atoms with Gasteiger partial charge in [-0.1, -0.05) is 18.2 Å². The Morgan fingerprint density at radius 3 is 2.52 bits per heavy atom. The highest BCUT2D eigenvalue weighted by Gasteiger charge is 2.32. The van der Waals surface area contributed by atoms with Crippen molar-refractivity contribution >= 4 is 18.3 Å². The zero-order chi connectivity index (χ0) is 18.6. The van der Waals surface area contributed by atoms with Crippen LogP contribution in [-0.4, -0.2) is 43.8 Å². The molecule has 2 N–H and O–H groups in total. The Morgan fingerprint density at radius 2 is 1.89 bits per heavy atom. The summed E-state index contributed by atoms with van der Waals surface area (Å²) in [5, 5.41) is 6.55. The van der Waals surface area contributed by atoms with Gasteiger partial charge in [0.05, 0.1) is 12.2 Å². The van der Waals surface area contributed by atoms with Gasteiger partial charge in [-0.15, -0.1) is 12.4 Å². The van der Waals surface area contributed by atoms with Gasteiger partial charge in [-0.05, 0) is 58.0 Å². The lowest BCUT2D eigenvalue weighted by Gasteiger charge is -2.37. The number of hydrogen-bond donors (Lipinski definition) is 2. The third-order valence-corrected chi connectivity index (χ3v) is 5.43. The van der Waals surface area contributed by atoms with E-state index in [2.05, 4.69) is 27.3 Å². The molecule has 27 heavy (non-hydrogen) atoms. The maximum atomic E-state index is 12.9. The maximum absolute atomic E-state index is 12.9. The van der Waals surface area contributed by atoms with Gasteiger partial charge in [0.2, 0.25) is 0 Å². The first-order valence-corrected chi connectivity index (χ1v) is 9.28. The summed E-state index contributed by atoms with van der Waals surface area (Å²) < 4.78 is 7.57. The Labute approximate surface area is 167 Å². The van der Waals surface area contributed by atoms with Crippen molar-refractivity contribution in [1.82, 2.24) is 15.2 Å². The highest BCUT2D eigenvalue weighted by Crippen LogP contribution is 2.28.